The molecule has 0 aliphatic rings. The van der Waals surface area contributed by atoms with Crippen LogP contribution in [0.4, 0.5) is 4.39 Å². The van der Waals surface area contributed by atoms with E-state index in [4.69, 9.17) is 0 Å². The summed E-state index contributed by atoms with van der Waals surface area (Å²) in [6.07, 6.45) is -0.773. The van der Waals surface area contributed by atoms with Gasteiger partial charge in [-0.05, 0) is 42.7 Å². The molecule has 2 heteroatoms. The van der Waals surface area contributed by atoms with Gasteiger partial charge in [0, 0.05) is 0 Å². The summed E-state index contributed by atoms with van der Waals surface area (Å²) in [4.78, 5) is 0. The van der Waals surface area contributed by atoms with Gasteiger partial charge in [-0.15, -0.1) is 0 Å². The van der Waals surface area contributed by atoms with Crippen LogP contribution in [0.25, 0.3) is 0 Å². The lowest BCUT2D eigenvalue weighted by molar-refractivity contribution is 0.219. The molecule has 1 nitrogen and oxygen atoms in total. The number of aliphatic hydroxyl groups is 1. The van der Waals surface area contributed by atoms with Gasteiger partial charge in [0.05, 0.1) is 0 Å². The third-order valence-corrected chi connectivity index (χ3v) is 2.77. The lowest BCUT2D eigenvalue weighted by atomic mass is 9.99. The average Bonchev–Trinajstić information content (AvgIpc) is 2.28. The minimum absolute atomic E-state index is 0.314. The van der Waals surface area contributed by atoms with Crippen molar-refractivity contribution in [1.29, 1.82) is 0 Å². The fourth-order valence-corrected chi connectivity index (χ4v) is 1.86. The summed E-state index contributed by atoms with van der Waals surface area (Å²) >= 11 is 0. The van der Waals surface area contributed by atoms with E-state index in [-0.39, 0.29) is 5.82 Å². The van der Waals surface area contributed by atoms with Crippen molar-refractivity contribution in [3.63, 3.8) is 0 Å². The Labute approximate surface area is 101 Å². The first-order chi connectivity index (χ1) is 8.06. The maximum atomic E-state index is 13.3. The van der Waals surface area contributed by atoms with Gasteiger partial charge < -0.3 is 5.11 Å². The van der Waals surface area contributed by atoms with Gasteiger partial charge in [-0.2, -0.15) is 0 Å². The average molecular weight is 230 g/mol. The summed E-state index contributed by atoms with van der Waals surface area (Å²) in [6, 6.07) is 12.2. The smallest absolute Gasteiger partial charge is 0.123 e. The minimum atomic E-state index is -0.773. The third-order valence-electron chi connectivity index (χ3n) is 2.77. The molecule has 1 unspecified atom stereocenters. The van der Waals surface area contributed by atoms with Gasteiger partial charge in [0.15, 0.2) is 0 Å². The maximum absolute atomic E-state index is 13.3. The first kappa shape index (κ1) is 11.8. The van der Waals surface area contributed by atoms with Crippen LogP contribution in [0.1, 0.15) is 28.4 Å². The van der Waals surface area contributed by atoms with E-state index in [2.05, 4.69) is 0 Å². The summed E-state index contributed by atoms with van der Waals surface area (Å²) in [5.74, 6) is -0.314. The monoisotopic (exact) mass is 230 g/mol. The molecular formula is C15H15FO. The molecule has 0 bridgehead atoms. The number of aliphatic hydroxyl groups excluding tert-OH is 1. The Morgan fingerprint density at radius 1 is 0.882 bits per heavy atom. The first-order valence-corrected chi connectivity index (χ1v) is 5.58. The molecule has 0 heterocycles. The third kappa shape index (κ3) is 2.71. The van der Waals surface area contributed by atoms with Gasteiger partial charge in [0.25, 0.3) is 0 Å². The lowest BCUT2D eigenvalue weighted by Gasteiger charge is -2.12. The molecular weight excluding hydrogens is 215 g/mol. The Morgan fingerprint density at radius 2 is 1.53 bits per heavy atom. The van der Waals surface area contributed by atoms with Crippen LogP contribution in [-0.4, -0.2) is 5.11 Å². The van der Waals surface area contributed by atoms with Crippen molar-refractivity contribution in [2.45, 2.75) is 20.0 Å². The van der Waals surface area contributed by atoms with Crippen LogP contribution in [0.15, 0.2) is 42.5 Å². The largest absolute Gasteiger partial charge is 0.384 e. The van der Waals surface area contributed by atoms with E-state index in [0.717, 1.165) is 16.7 Å². The summed E-state index contributed by atoms with van der Waals surface area (Å²) in [5.41, 5.74) is 3.31. The second-order valence-corrected chi connectivity index (χ2v) is 4.38. The Hall–Kier alpha value is -1.67. The van der Waals surface area contributed by atoms with Crippen molar-refractivity contribution >= 4 is 0 Å². The summed E-state index contributed by atoms with van der Waals surface area (Å²) < 4.78 is 13.3. The Bertz CT molecular complexity index is 497. The molecule has 2 aromatic rings. The van der Waals surface area contributed by atoms with Crippen LogP contribution in [0, 0.1) is 19.7 Å². The predicted octanol–water partition coefficient (Wildman–Crippen LogP) is 3.52. The summed E-state index contributed by atoms with van der Waals surface area (Å²) in [7, 11) is 0. The molecule has 1 atom stereocenters. The molecule has 2 rings (SSSR count). The number of halogens is 1. The molecule has 1 N–H and O–H groups in total. The summed E-state index contributed by atoms with van der Waals surface area (Å²) in [5, 5.41) is 10.2. The SMILES string of the molecule is Cc1ccc(C(O)c2cc(C)cc(F)c2)cc1. The molecule has 0 fully saturated rings. The highest BCUT2D eigenvalue weighted by molar-refractivity contribution is 5.33. The zero-order chi connectivity index (χ0) is 12.4. The number of aryl methyl sites for hydroxylation is 2. The van der Waals surface area contributed by atoms with Gasteiger partial charge in [-0.25, -0.2) is 4.39 Å². The van der Waals surface area contributed by atoms with Crippen molar-refractivity contribution in [3.8, 4) is 0 Å². The van der Waals surface area contributed by atoms with Gasteiger partial charge in [-0.1, -0.05) is 35.9 Å². The topological polar surface area (TPSA) is 20.2 Å². The predicted molar refractivity (Wildman–Crippen MR) is 66.4 cm³/mol. The number of benzene rings is 2. The van der Waals surface area contributed by atoms with Crippen molar-refractivity contribution in [2.24, 2.45) is 0 Å². The van der Waals surface area contributed by atoms with Gasteiger partial charge in [-0.3, -0.25) is 0 Å². The number of hydrogen-bond acceptors (Lipinski definition) is 1. The highest BCUT2D eigenvalue weighted by Crippen LogP contribution is 2.23. The molecule has 0 saturated carbocycles. The van der Waals surface area contributed by atoms with Crippen LogP contribution in [0.2, 0.25) is 0 Å². The molecule has 0 aliphatic heterocycles. The molecule has 0 radical (unpaired) electrons. The zero-order valence-corrected chi connectivity index (χ0v) is 9.94. The van der Waals surface area contributed by atoms with E-state index in [1.54, 1.807) is 6.07 Å². The van der Waals surface area contributed by atoms with Gasteiger partial charge in [0.1, 0.15) is 11.9 Å². The molecule has 0 saturated heterocycles. The van der Waals surface area contributed by atoms with Crippen molar-refractivity contribution in [1.82, 2.24) is 0 Å². The second kappa shape index (κ2) is 4.68. The van der Waals surface area contributed by atoms with E-state index in [0.29, 0.717) is 5.56 Å². The lowest BCUT2D eigenvalue weighted by Crippen LogP contribution is -2.00. The normalized spacial score (nSPS) is 12.5. The second-order valence-electron chi connectivity index (χ2n) is 4.38. The number of hydrogen-bond donors (Lipinski definition) is 1. The van der Waals surface area contributed by atoms with Crippen LogP contribution in [0.5, 0.6) is 0 Å². The minimum Gasteiger partial charge on any atom is -0.384 e. The standard InChI is InChI=1S/C15H15FO/c1-10-3-5-12(6-4-10)15(17)13-7-11(2)8-14(16)9-13/h3-9,15,17H,1-2H3. The molecule has 17 heavy (non-hydrogen) atoms. The van der Waals surface area contributed by atoms with E-state index < -0.39 is 6.10 Å². The molecule has 0 amide bonds. The van der Waals surface area contributed by atoms with Crippen LogP contribution >= 0.6 is 0 Å². The molecule has 88 valence electrons. The van der Waals surface area contributed by atoms with Crippen LogP contribution < -0.4 is 0 Å². The maximum Gasteiger partial charge on any atom is 0.123 e. The molecule has 2 aromatic carbocycles. The summed E-state index contributed by atoms with van der Waals surface area (Å²) in [6.45, 7) is 3.80. The van der Waals surface area contributed by atoms with Crippen molar-refractivity contribution < 1.29 is 9.50 Å². The zero-order valence-electron chi connectivity index (χ0n) is 9.94. The Morgan fingerprint density at radius 3 is 2.12 bits per heavy atom. The van der Waals surface area contributed by atoms with Crippen molar-refractivity contribution in [2.75, 3.05) is 0 Å². The fourth-order valence-electron chi connectivity index (χ4n) is 1.86. The van der Waals surface area contributed by atoms with Crippen molar-refractivity contribution in [3.05, 3.63) is 70.5 Å². The fraction of sp³-hybridized carbons (Fsp3) is 0.200. The Balaban J connectivity index is 2.36. The number of rotatable bonds is 2. The van der Waals surface area contributed by atoms with Gasteiger partial charge >= 0.3 is 0 Å². The van der Waals surface area contributed by atoms with E-state index >= 15 is 0 Å². The van der Waals surface area contributed by atoms with E-state index in [1.165, 1.54) is 12.1 Å². The quantitative estimate of drug-likeness (QED) is 0.836. The van der Waals surface area contributed by atoms with E-state index in [9.17, 15) is 9.50 Å². The Kier molecular flexibility index (Phi) is 3.25. The first-order valence-electron chi connectivity index (χ1n) is 5.58. The molecule has 0 aliphatic carbocycles. The van der Waals surface area contributed by atoms with Crippen LogP contribution in [0.3, 0.4) is 0 Å². The highest BCUT2D eigenvalue weighted by Gasteiger charge is 2.11. The highest BCUT2D eigenvalue weighted by atomic mass is 19.1. The molecule has 0 spiro atoms. The molecule has 0 aromatic heterocycles. The van der Waals surface area contributed by atoms with E-state index in [1.807, 2.05) is 38.1 Å². The van der Waals surface area contributed by atoms with Crippen LogP contribution in [-0.2, 0) is 0 Å². The van der Waals surface area contributed by atoms with Gasteiger partial charge in [0.2, 0.25) is 0 Å².